The van der Waals surface area contributed by atoms with Crippen molar-refractivity contribution in [2.75, 3.05) is 0 Å². The molecule has 5 heteroatoms. The summed E-state index contributed by atoms with van der Waals surface area (Å²) in [4.78, 5) is 12.0. The van der Waals surface area contributed by atoms with Crippen LogP contribution in [0.1, 0.15) is 11.1 Å². The summed E-state index contributed by atoms with van der Waals surface area (Å²) >= 11 is 4.79. The first-order valence-electron chi connectivity index (χ1n) is 5.32. The van der Waals surface area contributed by atoms with E-state index in [1.165, 1.54) is 10.6 Å². The number of benzene rings is 1. The number of hydrogen-bond acceptors (Lipinski definition) is 2. The molecule has 1 aromatic carbocycles. The molecule has 0 spiro atoms. The molecule has 3 nitrogen and oxygen atoms in total. The summed E-state index contributed by atoms with van der Waals surface area (Å²) in [6, 6.07) is 9.54. The van der Waals surface area contributed by atoms with Crippen LogP contribution in [0.5, 0.6) is 0 Å². The van der Waals surface area contributed by atoms with Gasteiger partial charge in [0.15, 0.2) is 0 Å². The van der Waals surface area contributed by atoms with Crippen molar-refractivity contribution in [1.29, 1.82) is 0 Å². The maximum atomic E-state index is 13.5. The second-order valence-electron chi connectivity index (χ2n) is 3.81. The second-order valence-corrected chi connectivity index (χ2v) is 4.25. The van der Waals surface area contributed by atoms with Crippen LogP contribution in [-0.4, -0.2) is 9.56 Å². The summed E-state index contributed by atoms with van der Waals surface area (Å²) < 4.78 is 14.9. The molecule has 0 amide bonds. The monoisotopic (exact) mass is 262 g/mol. The molecule has 2 aromatic rings. The molecule has 0 bridgehead atoms. The van der Waals surface area contributed by atoms with E-state index >= 15 is 0 Å². The SMILES string of the molecule is NC(=S)c1cccn(Cc2ccccc2F)c1=O. The van der Waals surface area contributed by atoms with Crippen LogP contribution in [0.4, 0.5) is 4.39 Å². The Morgan fingerprint density at radius 1 is 1.28 bits per heavy atom. The molecule has 0 saturated carbocycles. The minimum atomic E-state index is -0.342. The van der Waals surface area contributed by atoms with E-state index in [4.69, 9.17) is 18.0 Å². The van der Waals surface area contributed by atoms with Crippen molar-refractivity contribution < 1.29 is 4.39 Å². The van der Waals surface area contributed by atoms with Crippen LogP contribution in [0.2, 0.25) is 0 Å². The quantitative estimate of drug-likeness (QED) is 0.856. The summed E-state index contributed by atoms with van der Waals surface area (Å²) in [6.07, 6.45) is 1.58. The van der Waals surface area contributed by atoms with Gasteiger partial charge >= 0.3 is 0 Å². The smallest absolute Gasteiger partial charge is 0.261 e. The van der Waals surface area contributed by atoms with Crippen molar-refractivity contribution in [1.82, 2.24) is 4.57 Å². The van der Waals surface area contributed by atoms with Gasteiger partial charge in [-0.3, -0.25) is 4.79 Å². The third-order valence-corrected chi connectivity index (χ3v) is 2.80. The lowest BCUT2D eigenvalue weighted by molar-refractivity contribution is 0.596. The molecular weight excluding hydrogens is 251 g/mol. The van der Waals surface area contributed by atoms with Gasteiger partial charge in [-0.2, -0.15) is 0 Å². The minimum absolute atomic E-state index is 0.0443. The highest BCUT2D eigenvalue weighted by Crippen LogP contribution is 2.07. The summed E-state index contributed by atoms with van der Waals surface area (Å²) in [5.74, 6) is -0.342. The van der Waals surface area contributed by atoms with E-state index in [-0.39, 0.29) is 28.5 Å². The topological polar surface area (TPSA) is 48.0 Å². The first-order chi connectivity index (χ1) is 8.59. The van der Waals surface area contributed by atoms with Gasteiger partial charge in [0.05, 0.1) is 12.1 Å². The van der Waals surface area contributed by atoms with Crippen molar-refractivity contribution in [3.8, 4) is 0 Å². The normalized spacial score (nSPS) is 10.3. The van der Waals surface area contributed by atoms with Crippen LogP contribution in [0, 0.1) is 5.82 Å². The highest BCUT2D eigenvalue weighted by atomic mass is 32.1. The zero-order valence-electron chi connectivity index (χ0n) is 9.47. The maximum absolute atomic E-state index is 13.5. The van der Waals surface area contributed by atoms with Crippen molar-refractivity contribution >= 4 is 17.2 Å². The second kappa shape index (κ2) is 5.10. The van der Waals surface area contributed by atoms with Crippen LogP contribution in [0.3, 0.4) is 0 Å². The average molecular weight is 262 g/mol. The highest BCUT2D eigenvalue weighted by Gasteiger charge is 2.07. The molecule has 0 aliphatic heterocycles. The molecule has 1 aromatic heterocycles. The van der Waals surface area contributed by atoms with E-state index in [1.54, 1.807) is 36.5 Å². The number of hydrogen-bond donors (Lipinski definition) is 1. The van der Waals surface area contributed by atoms with E-state index in [1.807, 2.05) is 0 Å². The summed E-state index contributed by atoms with van der Waals surface area (Å²) in [5.41, 5.74) is 5.85. The maximum Gasteiger partial charge on any atom is 0.261 e. The molecule has 0 fully saturated rings. The third kappa shape index (κ3) is 2.46. The molecule has 18 heavy (non-hydrogen) atoms. The Labute approximate surface area is 109 Å². The molecule has 0 atom stereocenters. The zero-order chi connectivity index (χ0) is 13.1. The summed E-state index contributed by atoms with van der Waals surface area (Å²) in [7, 11) is 0. The van der Waals surface area contributed by atoms with Gasteiger partial charge in [-0.15, -0.1) is 0 Å². The van der Waals surface area contributed by atoms with E-state index < -0.39 is 0 Å². The first-order valence-corrected chi connectivity index (χ1v) is 5.73. The molecule has 1 heterocycles. The van der Waals surface area contributed by atoms with Gasteiger partial charge in [0, 0.05) is 11.8 Å². The van der Waals surface area contributed by atoms with Crippen LogP contribution in [0.15, 0.2) is 47.4 Å². The molecule has 0 radical (unpaired) electrons. The molecule has 0 unspecified atom stereocenters. The summed E-state index contributed by atoms with van der Waals surface area (Å²) in [6.45, 7) is 0.155. The number of thiocarbonyl (C=S) groups is 1. The predicted octanol–water partition coefficient (Wildman–Crippen LogP) is 1.67. The number of rotatable bonds is 3. The molecule has 0 aliphatic carbocycles. The van der Waals surface area contributed by atoms with Gasteiger partial charge in [-0.25, -0.2) is 4.39 Å². The van der Waals surface area contributed by atoms with Crippen molar-refractivity contribution in [2.24, 2.45) is 5.73 Å². The first kappa shape index (κ1) is 12.4. The van der Waals surface area contributed by atoms with Crippen molar-refractivity contribution in [3.63, 3.8) is 0 Å². The molecule has 0 aliphatic rings. The fourth-order valence-corrected chi connectivity index (χ4v) is 1.81. The third-order valence-electron chi connectivity index (χ3n) is 2.58. The van der Waals surface area contributed by atoms with Gasteiger partial charge in [0.1, 0.15) is 10.8 Å². The Bertz CT molecular complexity index is 651. The molecule has 2 N–H and O–H groups in total. The number of halogens is 1. The number of pyridine rings is 1. The Kier molecular flexibility index (Phi) is 3.53. The minimum Gasteiger partial charge on any atom is -0.389 e. The van der Waals surface area contributed by atoms with Crippen LogP contribution >= 0.6 is 12.2 Å². The standard InChI is InChI=1S/C13H11FN2OS/c14-11-6-2-1-4-9(11)8-16-7-3-5-10(12(15)18)13(16)17/h1-7H,8H2,(H2,15,18). The Morgan fingerprint density at radius 3 is 2.67 bits per heavy atom. The largest absolute Gasteiger partial charge is 0.389 e. The molecule has 92 valence electrons. The average Bonchev–Trinajstić information content (AvgIpc) is 2.34. The fraction of sp³-hybridized carbons (Fsp3) is 0.0769. The summed E-state index contributed by atoms with van der Waals surface area (Å²) in [5, 5.41) is 0. The Balaban J connectivity index is 2.42. The van der Waals surface area contributed by atoms with Gasteiger partial charge < -0.3 is 10.3 Å². The lowest BCUT2D eigenvalue weighted by atomic mass is 10.2. The zero-order valence-corrected chi connectivity index (χ0v) is 10.3. The number of aromatic nitrogens is 1. The lowest BCUT2D eigenvalue weighted by Crippen LogP contribution is -2.28. The van der Waals surface area contributed by atoms with Gasteiger partial charge in [-0.05, 0) is 18.2 Å². The number of nitrogens with two attached hydrogens (primary N) is 1. The van der Waals surface area contributed by atoms with Gasteiger partial charge in [-0.1, -0.05) is 30.4 Å². The van der Waals surface area contributed by atoms with E-state index in [2.05, 4.69) is 0 Å². The van der Waals surface area contributed by atoms with Crippen molar-refractivity contribution in [2.45, 2.75) is 6.54 Å². The Hall–Kier alpha value is -2.01. The van der Waals surface area contributed by atoms with Crippen LogP contribution in [-0.2, 0) is 6.54 Å². The van der Waals surface area contributed by atoms with E-state index in [0.717, 1.165) is 0 Å². The number of nitrogens with zero attached hydrogens (tertiary/aromatic N) is 1. The molecular formula is C13H11FN2OS. The van der Waals surface area contributed by atoms with Gasteiger partial charge in [0.2, 0.25) is 0 Å². The van der Waals surface area contributed by atoms with Gasteiger partial charge in [0.25, 0.3) is 5.56 Å². The Morgan fingerprint density at radius 2 is 2.00 bits per heavy atom. The van der Waals surface area contributed by atoms with Crippen LogP contribution in [0.25, 0.3) is 0 Å². The molecule has 0 saturated heterocycles. The highest BCUT2D eigenvalue weighted by molar-refractivity contribution is 7.80. The molecule has 2 rings (SSSR count). The fourth-order valence-electron chi connectivity index (χ4n) is 1.66. The lowest BCUT2D eigenvalue weighted by Gasteiger charge is -2.08. The van der Waals surface area contributed by atoms with E-state index in [9.17, 15) is 9.18 Å². The van der Waals surface area contributed by atoms with Crippen LogP contribution < -0.4 is 11.3 Å². The van der Waals surface area contributed by atoms with E-state index in [0.29, 0.717) is 5.56 Å². The van der Waals surface area contributed by atoms with Crippen molar-refractivity contribution in [3.05, 3.63) is 69.9 Å². The predicted molar refractivity (Wildman–Crippen MR) is 72.1 cm³/mol.